The average molecular weight is 408 g/mol. The molecule has 0 spiro atoms. The van der Waals surface area contributed by atoms with E-state index in [4.69, 9.17) is 9.47 Å². The van der Waals surface area contributed by atoms with Crippen LogP contribution in [0.15, 0.2) is 66.7 Å². The first kappa shape index (κ1) is 21.2. The van der Waals surface area contributed by atoms with E-state index in [-0.39, 0.29) is 12.4 Å². The Morgan fingerprint density at radius 2 is 1.83 bits per heavy atom. The Balaban J connectivity index is 1.91. The SMILES string of the molecule is CCOC(=O)Nc1ccc(N(C)c2cccc(F)c2C)cc1OCc1ccccc1. The topological polar surface area (TPSA) is 50.8 Å². The molecule has 0 aliphatic rings. The standard InChI is InChI=1S/C24H25FN2O3/c1-4-29-24(28)26-21-14-13-19(27(3)22-12-8-11-20(25)17(22)2)15-23(21)30-16-18-9-6-5-7-10-18/h5-15H,4,16H2,1-3H3,(H,26,28). The first-order valence-corrected chi connectivity index (χ1v) is 9.73. The molecule has 30 heavy (non-hydrogen) atoms. The summed E-state index contributed by atoms with van der Waals surface area (Å²) in [6.07, 6.45) is -0.552. The lowest BCUT2D eigenvalue weighted by Crippen LogP contribution is -2.15. The fraction of sp³-hybridized carbons (Fsp3) is 0.208. The zero-order valence-corrected chi connectivity index (χ0v) is 17.3. The van der Waals surface area contributed by atoms with Gasteiger partial charge in [0.1, 0.15) is 18.2 Å². The van der Waals surface area contributed by atoms with Gasteiger partial charge < -0.3 is 14.4 Å². The fourth-order valence-corrected chi connectivity index (χ4v) is 3.05. The van der Waals surface area contributed by atoms with Crippen LogP contribution in [0.25, 0.3) is 0 Å². The lowest BCUT2D eigenvalue weighted by Gasteiger charge is -2.23. The summed E-state index contributed by atoms with van der Waals surface area (Å²) in [6, 6.07) is 20.1. The van der Waals surface area contributed by atoms with Crippen molar-refractivity contribution in [3.8, 4) is 5.75 Å². The zero-order valence-electron chi connectivity index (χ0n) is 17.3. The first-order valence-electron chi connectivity index (χ1n) is 9.73. The van der Waals surface area contributed by atoms with E-state index in [0.717, 1.165) is 16.9 Å². The minimum atomic E-state index is -0.552. The van der Waals surface area contributed by atoms with E-state index >= 15 is 0 Å². The van der Waals surface area contributed by atoms with Crippen molar-refractivity contribution in [2.24, 2.45) is 0 Å². The van der Waals surface area contributed by atoms with Crippen LogP contribution in [0, 0.1) is 12.7 Å². The molecule has 0 radical (unpaired) electrons. The van der Waals surface area contributed by atoms with Crippen LogP contribution in [-0.4, -0.2) is 19.7 Å². The molecule has 0 aliphatic carbocycles. The maximum Gasteiger partial charge on any atom is 0.411 e. The molecule has 1 N–H and O–H groups in total. The monoisotopic (exact) mass is 408 g/mol. The number of hydrogen-bond donors (Lipinski definition) is 1. The largest absolute Gasteiger partial charge is 0.487 e. The van der Waals surface area contributed by atoms with Gasteiger partial charge in [0.2, 0.25) is 0 Å². The second kappa shape index (κ2) is 9.78. The molecule has 0 heterocycles. The van der Waals surface area contributed by atoms with E-state index in [2.05, 4.69) is 5.32 Å². The summed E-state index contributed by atoms with van der Waals surface area (Å²) in [4.78, 5) is 13.8. The number of benzene rings is 3. The lowest BCUT2D eigenvalue weighted by atomic mass is 10.1. The number of carbonyl (C=O) groups is 1. The second-order valence-corrected chi connectivity index (χ2v) is 6.74. The maximum atomic E-state index is 14.0. The van der Waals surface area contributed by atoms with E-state index in [1.807, 2.05) is 60.5 Å². The van der Waals surface area contributed by atoms with Gasteiger partial charge in [0.25, 0.3) is 0 Å². The lowest BCUT2D eigenvalue weighted by molar-refractivity contribution is 0.167. The molecular formula is C24H25FN2O3. The molecule has 3 rings (SSSR count). The summed E-state index contributed by atoms with van der Waals surface area (Å²) >= 11 is 0. The van der Waals surface area contributed by atoms with Crippen LogP contribution in [0.5, 0.6) is 5.75 Å². The molecule has 3 aromatic rings. The number of halogens is 1. The third-order valence-electron chi connectivity index (χ3n) is 4.70. The number of anilines is 3. The van der Waals surface area contributed by atoms with Gasteiger partial charge in [0.15, 0.2) is 0 Å². The summed E-state index contributed by atoms with van der Waals surface area (Å²) in [5.41, 5.74) is 3.59. The Bertz CT molecular complexity index is 1010. The number of nitrogens with zero attached hydrogens (tertiary/aromatic N) is 1. The summed E-state index contributed by atoms with van der Waals surface area (Å²) in [6.45, 7) is 4.09. The molecule has 0 saturated carbocycles. The van der Waals surface area contributed by atoms with E-state index in [1.54, 1.807) is 26.0 Å². The van der Waals surface area contributed by atoms with Crippen molar-refractivity contribution in [1.82, 2.24) is 0 Å². The zero-order chi connectivity index (χ0) is 21.5. The summed E-state index contributed by atoms with van der Waals surface area (Å²) in [5, 5.41) is 2.71. The van der Waals surface area contributed by atoms with Crippen molar-refractivity contribution in [2.75, 3.05) is 23.9 Å². The minimum absolute atomic E-state index is 0.263. The molecule has 0 saturated heterocycles. The van der Waals surface area contributed by atoms with Gasteiger partial charge in [-0.05, 0) is 43.7 Å². The van der Waals surface area contributed by atoms with Gasteiger partial charge in [-0.25, -0.2) is 9.18 Å². The van der Waals surface area contributed by atoms with E-state index < -0.39 is 6.09 Å². The van der Waals surface area contributed by atoms with Crippen LogP contribution in [-0.2, 0) is 11.3 Å². The highest BCUT2D eigenvalue weighted by Gasteiger charge is 2.15. The maximum absolute atomic E-state index is 14.0. The molecule has 156 valence electrons. The van der Waals surface area contributed by atoms with Crippen molar-refractivity contribution in [3.05, 3.63) is 83.7 Å². The number of ether oxygens (including phenoxy) is 2. The molecule has 0 aromatic heterocycles. The molecule has 0 aliphatic heterocycles. The van der Waals surface area contributed by atoms with Gasteiger partial charge in [-0.3, -0.25) is 5.32 Å². The van der Waals surface area contributed by atoms with Gasteiger partial charge in [-0.15, -0.1) is 0 Å². The van der Waals surface area contributed by atoms with Crippen LogP contribution >= 0.6 is 0 Å². The molecule has 6 heteroatoms. The molecule has 1 amide bonds. The van der Waals surface area contributed by atoms with Crippen LogP contribution in [0.2, 0.25) is 0 Å². The van der Waals surface area contributed by atoms with Crippen LogP contribution in [0.3, 0.4) is 0 Å². The van der Waals surface area contributed by atoms with Crippen LogP contribution in [0.4, 0.5) is 26.2 Å². The van der Waals surface area contributed by atoms with Crippen molar-refractivity contribution < 1.29 is 18.7 Å². The number of amides is 1. The molecular weight excluding hydrogens is 383 g/mol. The van der Waals surface area contributed by atoms with Gasteiger partial charge in [0.05, 0.1) is 12.3 Å². The highest BCUT2D eigenvalue weighted by atomic mass is 19.1. The predicted molar refractivity (Wildman–Crippen MR) is 117 cm³/mol. The van der Waals surface area contributed by atoms with Crippen molar-refractivity contribution in [2.45, 2.75) is 20.5 Å². The molecule has 5 nitrogen and oxygen atoms in total. The summed E-state index contributed by atoms with van der Waals surface area (Å²) in [7, 11) is 1.86. The van der Waals surface area contributed by atoms with Crippen LogP contribution < -0.4 is 15.0 Å². The van der Waals surface area contributed by atoms with E-state index in [9.17, 15) is 9.18 Å². The Hall–Kier alpha value is -3.54. The molecule has 0 fully saturated rings. The Labute approximate surface area is 176 Å². The second-order valence-electron chi connectivity index (χ2n) is 6.74. The molecule has 3 aromatic carbocycles. The molecule has 0 unspecified atom stereocenters. The van der Waals surface area contributed by atoms with Gasteiger partial charge >= 0.3 is 6.09 Å². The number of hydrogen-bond acceptors (Lipinski definition) is 4. The van der Waals surface area contributed by atoms with Crippen molar-refractivity contribution in [3.63, 3.8) is 0 Å². The average Bonchev–Trinajstić information content (AvgIpc) is 2.75. The number of nitrogens with one attached hydrogen (secondary N) is 1. The number of carbonyl (C=O) groups excluding carboxylic acids is 1. The van der Waals surface area contributed by atoms with E-state index in [1.165, 1.54) is 6.07 Å². The highest BCUT2D eigenvalue weighted by molar-refractivity contribution is 5.87. The van der Waals surface area contributed by atoms with Crippen LogP contribution in [0.1, 0.15) is 18.1 Å². The quantitative estimate of drug-likeness (QED) is 0.517. The third-order valence-corrected chi connectivity index (χ3v) is 4.70. The van der Waals surface area contributed by atoms with Crippen molar-refractivity contribution >= 4 is 23.2 Å². The third kappa shape index (κ3) is 5.08. The van der Waals surface area contributed by atoms with E-state index in [0.29, 0.717) is 23.6 Å². The smallest absolute Gasteiger partial charge is 0.411 e. The predicted octanol–water partition coefficient (Wildman–Crippen LogP) is 6.05. The van der Waals surface area contributed by atoms with Crippen molar-refractivity contribution in [1.29, 1.82) is 0 Å². The Kier molecular flexibility index (Phi) is 6.91. The Morgan fingerprint density at radius 3 is 2.57 bits per heavy atom. The molecule has 0 bridgehead atoms. The highest BCUT2D eigenvalue weighted by Crippen LogP contribution is 2.34. The normalized spacial score (nSPS) is 10.4. The molecule has 0 atom stereocenters. The minimum Gasteiger partial charge on any atom is -0.487 e. The van der Waals surface area contributed by atoms with Gasteiger partial charge in [-0.2, -0.15) is 0 Å². The fourth-order valence-electron chi connectivity index (χ4n) is 3.05. The number of rotatable bonds is 7. The Morgan fingerprint density at radius 1 is 1.07 bits per heavy atom. The van der Waals surface area contributed by atoms with Gasteiger partial charge in [-0.1, -0.05) is 36.4 Å². The summed E-state index contributed by atoms with van der Waals surface area (Å²) in [5.74, 6) is 0.228. The van der Waals surface area contributed by atoms with Gasteiger partial charge in [0, 0.05) is 30.1 Å². The first-order chi connectivity index (χ1) is 14.5. The summed E-state index contributed by atoms with van der Waals surface area (Å²) < 4.78 is 25.0.